The molecule has 0 bridgehead atoms. The van der Waals surface area contributed by atoms with E-state index in [0.29, 0.717) is 0 Å². The van der Waals surface area contributed by atoms with E-state index in [2.05, 4.69) is 5.32 Å². The Labute approximate surface area is 144 Å². The van der Waals surface area contributed by atoms with Crippen LogP contribution >= 0.6 is 11.8 Å². The number of hydrogen-bond donors (Lipinski definition) is 2. The Hall–Kier alpha value is -3.01. The van der Waals surface area contributed by atoms with Crippen LogP contribution in [-0.4, -0.2) is 22.5 Å². The molecule has 2 aromatic carbocycles. The number of carbonyl (C=O) groups excluding carboxylic acids is 2. The monoisotopic (exact) mass is 367 g/mol. The number of anilines is 1. The molecule has 0 aliphatic carbocycles. The van der Waals surface area contributed by atoms with Crippen molar-refractivity contribution >= 4 is 35.0 Å². The molecule has 0 heterocycles. The van der Waals surface area contributed by atoms with Gasteiger partial charge >= 0.3 is 0 Å². The normalized spacial score (nSPS) is 10.3. The summed E-state index contributed by atoms with van der Waals surface area (Å²) in [5.74, 6) is -3.31. The molecule has 0 aromatic heterocycles. The van der Waals surface area contributed by atoms with Gasteiger partial charge in [-0.15, -0.1) is 11.8 Å². The molecule has 10 heteroatoms. The maximum atomic E-state index is 13.5. The van der Waals surface area contributed by atoms with Crippen LogP contribution in [0.2, 0.25) is 0 Å². The second-order valence-electron chi connectivity index (χ2n) is 4.76. The van der Waals surface area contributed by atoms with Gasteiger partial charge in [0.25, 0.3) is 5.69 Å². The Morgan fingerprint density at radius 1 is 1.20 bits per heavy atom. The number of thioether (sulfide) groups is 1. The van der Waals surface area contributed by atoms with E-state index in [-0.39, 0.29) is 27.6 Å². The number of benzene rings is 2. The minimum Gasteiger partial charge on any atom is -0.366 e. The predicted molar refractivity (Wildman–Crippen MR) is 87.3 cm³/mol. The lowest BCUT2D eigenvalue weighted by Crippen LogP contribution is -2.15. The van der Waals surface area contributed by atoms with Crippen molar-refractivity contribution in [3.63, 3.8) is 0 Å². The first-order chi connectivity index (χ1) is 11.8. The van der Waals surface area contributed by atoms with Crippen molar-refractivity contribution in [2.45, 2.75) is 4.90 Å². The summed E-state index contributed by atoms with van der Waals surface area (Å²) in [5, 5.41) is 13.2. The largest absolute Gasteiger partial charge is 0.366 e. The highest BCUT2D eigenvalue weighted by Gasteiger charge is 2.18. The first kappa shape index (κ1) is 18.3. The number of halogens is 2. The summed E-state index contributed by atoms with van der Waals surface area (Å²) in [5.41, 5.74) is 4.32. The number of hydrogen-bond acceptors (Lipinski definition) is 5. The van der Waals surface area contributed by atoms with Crippen LogP contribution in [0.5, 0.6) is 0 Å². The molecule has 0 aliphatic rings. The van der Waals surface area contributed by atoms with Crippen LogP contribution in [0.4, 0.5) is 20.2 Å². The van der Waals surface area contributed by atoms with E-state index in [1.54, 1.807) is 0 Å². The predicted octanol–water partition coefficient (Wildman–Crippen LogP) is 2.70. The maximum absolute atomic E-state index is 13.5. The summed E-state index contributed by atoms with van der Waals surface area (Å²) >= 11 is 0.811. The lowest BCUT2D eigenvalue weighted by molar-refractivity contribution is -0.387. The van der Waals surface area contributed by atoms with Gasteiger partial charge in [-0.05, 0) is 24.3 Å². The molecular weight excluding hydrogens is 356 g/mol. The number of nitrogens with one attached hydrogen (secondary N) is 1. The van der Waals surface area contributed by atoms with Crippen molar-refractivity contribution < 1.29 is 23.3 Å². The average Bonchev–Trinajstić information content (AvgIpc) is 2.56. The molecule has 3 N–H and O–H groups in total. The molecule has 0 unspecified atom stereocenters. The number of nitrogens with zero attached hydrogens (tertiary/aromatic N) is 1. The summed E-state index contributed by atoms with van der Waals surface area (Å²) in [7, 11) is 0. The number of nitro groups is 1. The zero-order valence-corrected chi connectivity index (χ0v) is 13.3. The fourth-order valence-corrected chi connectivity index (χ4v) is 2.66. The zero-order valence-electron chi connectivity index (χ0n) is 12.5. The summed E-state index contributed by atoms with van der Waals surface area (Å²) in [4.78, 5) is 33.4. The van der Waals surface area contributed by atoms with Crippen molar-refractivity contribution in [3.05, 3.63) is 63.7 Å². The first-order valence-electron chi connectivity index (χ1n) is 6.74. The smallest absolute Gasteiger partial charge is 0.283 e. The number of carbonyl (C=O) groups is 2. The van der Waals surface area contributed by atoms with E-state index >= 15 is 0 Å². The van der Waals surface area contributed by atoms with Crippen molar-refractivity contribution in [2.24, 2.45) is 5.73 Å². The summed E-state index contributed by atoms with van der Waals surface area (Å²) in [6.45, 7) is 0. The van der Waals surface area contributed by atoms with Crippen molar-refractivity contribution in [1.82, 2.24) is 0 Å². The number of primary amides is 1. The van der Waals surface area contributed by atoms with Crippen LogP contribution < -0.4 is 11.1 Å². The van der Waals surface area contributed by atoms with Gasteiger partial charge in [0.2, 0.25) is 11.8 Å². The first-order valence-corrected chi connectivity index (χ1v) is 7.72. The topological polar surface area (TPSA) is 115 Å². The Morgan fingerprint density at radius 3 is 2.56 bits per heavy atom. The van der Waals surface area contributed by atoms with Gasteiger partial charge < -0.3 is 11.1 Å². The third-order valence-electron chi connectivity index (χ3n) is 3.00. The highest BCUT2D eigenvalue weighted by atomic mass is 32.2. The summed E-state index contributed by atoms with van der Waals surface area (Å²) in [6.07, 6.45) is 0. The molecule has 130 valence electrons. The van der Waals surface area contributed by atoms with E-state index in [9.17, 15) is 28.5 Å². The van der Waals surface area contributed by atoms with Crippen LogP contribution in [-0.2, 0) is 4.79 Å². The molecule has 0 saturated heterocycles. The third-order valence-corrected chi connectivity index (χ3v) is 4.06. The Balaban J connectivity index is 2.10. The van der Waals surface area contributed by atoms with Crippen LogP contribution in [0.3, 0.4) is 0 Å². The Bertz CT molecular complexity index is 861. The van der Waals surface area contributed by atoms with Gasteiger partial charge in [0, 0.05) is 17.7 Å². The third kappa shape index (κ3) is 4.73. The molecule has 0 saturated carbocycles. The summed E-state index contributed by atoms with van der Waals surface area (Å²) in [6, 6.07) is 6.19. The number of nitrogens with two attached hydrogens (primary N) is 1. The maximum Gasteiger partial charge on any atom is 0.283 e. The van der Waals surface area contributed by atoms with Gasteiger partial charge in [-0.2, -0.15) is 0 Å². The molecule has 25 heavy (non-hydrogen) atoms. The van der Waals surface area contributed by atoms with Crippen molar-refractivity contribution in [1.29, 1.82) is 0 Å². The molecule has 0 aliphatic heterocycles. The highest BCUT2D eigenvalue weighted by Crippen LogP contribution is 2.30. The Morgan fingerprint density at radius 2 is 1.92 bits per heavy atom. The van der Waals surface area contributed by atoms with Gasteiger partial charge in [-0.3, -0.25) is 19.7 Å². The minimum absolute atomic E-state index is 0.0395. The van der Waals surface area contributed by atoms with E-state index in [0.717, 1.165) is 36.0 Å². The second kappa shape index (κ2) is 7.71. The molecule has 0 atom stereocenters. The second-order valence-corrected chi connectivity index (χ2v) is 5.78. The molecule has 7 nitrogen and oxygen atoms in total. The zero-order chi connectivity index (χ0) is 18.6. The quantitative estimate of drug-likeness (QED) is 0.463. The fraction of sp³-hybridized carbons (Fsp3) is 0.0667. The van der Waals surface area contributed by atoms with E-state index in [1.807, 2.05) is 0 Å². The highest BCUT2D eigenvalue weighted by molar-refractivity contribution is 8.00. The number of nitro benzene ring substituents is 1. The lowest BCUT2D eigenvalue weighted by Gasteiger charge is -2.07. The van der Waals surface area contributed by atoms with Gasteiger partial charge in [0.15, 0.2) is 0 Å². The average molecular weight is 367 g/mol. The van der Waals surface area contributed by atoms with Gasteiger partial charge in [-0.25, -0.2) is 8.78 Å². The number of amides is 2. The van der Waals surface area contributed by atoms with Crippen LogP contribution in [0, 0.1) is 21.7 Å². The van der Waals surface area contributed by atoms with Crippen LogP contribution in [0.15, 0.2) is 41.3 Å². The van der Waals surface area contributed by atoms with Crippen LogP contribution in [0.25, 0.3) is 0 Å². The van der Waals surface area contributed by atoms with Gasteiger partial charge in [-0.1, -0.05) is 0 Å². The van der Waals surface area contributed by atoms with Crippen molar-refractivity contribution in [3.8, 4) is 0 Å². The summed E-state index contributed by atoms with van der Waals surface area (Å²) < 4.78 is 26.5. The van der Waals surface area contributed by atoms with Crippen LogP contribution in [0.1, 0.15) is 10.4 Å². The number of rotatable bonds is 6. The SMILES string of the molecule is NC(=O)c1ccc(SCC(=O)Nc2cc(F)ccc2F)c([N+](=O)[O-])c1. The molecule has 2 aromatic rings. The van der Waals surface area contributed by atoms with E-state index < -0.39 is 28.4 Å². The minimum atomic E-state index is -0.820. The van der Waals surface area contributed by atoms with E-state index in [1.165, 1.54) is 12.1 Å². The molecule has 0 spiro atoms. The van der Waals surface area contributed by atoms with Gasteiger partial charge in [0.1, 0.15) is 11.6 Å². The molecular formula is C15H11F2N3O4S. The molecule has 0 fully saturated rings. The molecule has 2 amide bonds. The standard InChI is InChI=1S/C15H11F2N3O4S/c16-9-2-3-10(17)11(6-9)19-14(21)7-25-13-4-1-8(15(18)22)5-12(13)20(23)24/h1-6H,7H2,(H2,18,22)(H,19,21). The lowest BCUT2D eigenvalue weighted by atomic mass is 10.2. The molecule has 0 radical (unpaired) electrons. The Kier molecular flexibility index (Phi) is 5.65. The van der Waals surface area contributed by atoms with Crippen molar-refractivity contribution in [2.75, 3.05) is 11.1 Å². The van der Waals surface area contributed by atoms with Gasteiger partial charge in [0.05, 0.1) is 21.3 Å². The fourth-order valence-electron chi connectivity index (χ4n) is 1.86. The van der Waals surface area contributed by atoms with E-state index in [4.69, 9.17) is 5.73 Å². The molecule has 2 rings (SSSR count).